The second-order valence-electron chi connectivity index (χ2n) is 3.96. The van der Waals surface area contributed by atoms with Gasteiger partial charge in [-0.3, -0.25) is 0 Å². The zero-order valence-electron chi connectivity index (χ0n) is 8.75. The molecule has 1 aromatic rings. The smallest absolute Gasteiger partial charge is 0.0928 e. The molecule has 0 amide bonds. The average molecular weight is 210 g/mol. The molecule has 14 heavy (non-hydrogen) atoms. The number of nitrogens with one attached hydrogen (secondary N) is 1. The number of thiazole rings is 1. The van der Waals surface area contributed by atoms with Crippen LogP contribution in [0.5, 0.6) is 0 Å². The van der Waals surface area contributed by atoms with E-state index >= 15 is 0 Å². The molecule has 2 nitrogen and oxygen atoms in total. The van der Waals surface area contributed by atoms with Crippen molar-refractivity contribution in [1.29, 1.82) is 0 Å². The molecule has 0 saturated heterocycles. The lowest BCUT2D eigenvalue weighted by molar-refractivity contribution is 0.675. The van der Waals surface area contributed by atoms with Gasteiger partial charge >= 0.3 is 0 Å². The van der Waals surface area contributed by atoms with Gasteiger partial charge in [-0.25, -0.2) is 4.98 Å². The maximum Gasteiger partial charge on any atom is 0.0928 e. The number of hydrogen-bond acceptors (Lipinski definition) is 3. The lowest BCUT2D eigenvalue weighted by Gasteiger charge is -1.98. The summed E-state index contributed by atoms with van der Waals surface area (Å²) in [5, 5.41) is 7.02. The standard InChI is InChI=1S/C11H18N2S/c1-2-3-11-13-10(8-14-11)6-7-12-9-4-5-9/h8-9,12H,2-7H2,1H3. The molecule has 1 heterocycles. The van der Waals surface area contributed by atoms with Crippen molar-refractivity contribution in [2.24, 2.45) is 0 Å². The van der Waals surface area contributed by atoms with E-state index < -0.39 is 0 Å². The third-order valence-electron chi connectivity index (χ3n) is 2.45. The van der Waals surface area contributed by atoms with Crippen LogP contribution >= 0.6 is 11.3 Å². The van der Waals surface area contributed by atoms with E-state index in [1.807, 2.05) is 11.3 Å². The van der Waals surface area contributed by atoms with Crippen LogP contribution in [0, 0.1) is 0 Å². The highest BCUT2D eigenvalue weighted by Gasteiger charge is 2.19. The molecule has 0 unspecified atom stereocenters. The van der Waals surface area contributed by atoms with Gasteiger partial charge in [0.25, 0.3) is 0 Å². The molecule has 0 aromatic carbocycles. The summed E-state index contributed by atoms with van der Waals surface area (Å²) in [7, 11) is 0. The first-order chi connectivity index (χ1) is 6.88. The zero-order chi connectivity index (χ0) is 9.80. The maximum absolute atomic E-state index is 4.60. The van der Waals surface area contributed by atoms with Gasteiger partial charge in [-0.1, -0.05) is 6.92 Å². The minimum atomic E-state index is 0.823. The molecule has 1 saturated carbocycles. The molecule has 1 fully saturated rings. The first-order valence-corrected chi connectivity index (χ1v) is 6.43. The third kappa shape index (κ3) is 3.07. The van der Waals surface area contributed by atoms with Crippen molar-refractivity contribution >= 4 is 11.3 Å². The lowest BCUT2D eigenvalue weighted by Crippen LogP contribution is -2.19. The molecule has 1 N–H and O–H groups in total. The largest absolute Gasteiger partial charge is 0.314 e. The second-order valence-corrected chi connectivity index (χ2v) is 4.90. The summed E-state index contributed by atoms with van der Waals surface area (Å²) < 4.78 is 0. The van der Waals surface area contributed by atoms with Gasteiger partial charge in [0.1, 0.15) is 0 Å². The summed E-state index contributed by atoms with van der Waals surface area (Å²) in [6.45, 7) is 3.30. The minimum Gasteiger partial charge on any atom is -0.314 e. The molecule has 0 aliphatic heterocycles. The topological polar surface area (TPSA) is 24.9 Å². The predicted molar refractivity (Wildman–Crippen MR) is 60.8 cm³/mol. The van der Waals surface area contributed by atoms with Gasteiger partial charge < -0.3 is 5.32 Å². The van der Waals surface area contributed by atoms with Gasteiger partial charge in [0.05, 0.1) is 10.7 Å². The first-order valence-electron chi connectivity index (χ1n) is 5.55. The van der Waals surface area contributed by atoms with Crippen LogP contribution in [0.25, 0.3) is 0 Å². The van der Waals surface area contributed by atoms with E-state index in [1.165, 1.54) is 30.0 Å². The molecule has 1 aliphatic rings. The van der Waals surface area contributed by atoms with Crippen molar-refractivity contribution in [3.8, 4) is 0 Å². The van der Waals surface area contributed by atoms with Crippen LogP contribution in [0.2, 0.25) is 0 Å². The minimum absolute atomic E-state index is 0.823. The van der Waals surface area contributed by atoms with Crippen LogP contribution in [0.1, 0.15) is 36.9 Å². The van der Waals surface area contributed by atoms with Crippen molar-refractivity contribution in [3.63, 3.8) is 0 Å². The van der Waals surface area contributed by atoms with E-state index in [2.05, 4.69) is 22.6 Å². The van der Waals surface area contributed by atoms with Crippen molar-refractivity contribution in [3.05, 3.63) is 16.1 Å². The molecule has 1 aromatic heterocycles. The van der Waals surface area contributed by atoms with Crippen LogP contribution in [0.15, 0.2) is 5.38 Å². The zero-order valence-corrected chi connectivity index (χ0v) is 9.57. The van der Waals surface area contributed by atoms with E-state index in [0.717, 1.165) is 25.4 Å². The fraction of sp³-hybridized carbons (Fsp3) is 0.727. The van der Waals surface area contributed by atoms with Gasteiger partial charge in [0.15, 0.2) is 0 Å². The average Bonchev–Trinajstić information content (AvgIpc) is 2.88. The fourth-order valence-corrected chi connectivity index (χ4v) is 2.42. The quantitative estimate of drug-likeness (QED) is 0.780. The van der Waals surface area contributed by atoms with E-state index in [0.29, 0.717) is 0 Å². The highest BCUT2D eigenvalue weighted by atomic mass is 32.1. The molecular weight excluding hydrogens is 192 g/mol. The van der Waals surface area contributed by atoms with Crippen molar-refractivity contribution in [2.75, 3.05) is 6.54 Å². The van der Waals surface area contributed by atoms with Crippen molar-refractivity contribution in [2.45, 2.75) is 45.1 Å². The number of aryl methyl sites for hydroxylation is 1. The van der Waals surface area contributed by atoms with Crippen molar-refractivity contribution in [1.82, 2.24) is 10.3 Å². The van der Waals surface area contributed by atoms with E-state index in [9.17, 15) is 0 Å². The Balaban J connectivity index is 1.71. The summed E-state index contributed by atoms with van der Waals surface area (Å²) in [6.07, 6.45) is 6.18. The summed E-state index contributed by atoms with van der Waals surface area (Å²) in [5.74, 6) is 0. The number of aromatic nitrogens is 1. The number of hydrogen-bond donors (Lipinski definition) is 1. The molecule has 0 spiro atoms. The third-order valence-corrected chi connectivity index (χ3v) is 3.41. The van der Waals surface area contributed by atoms with Gasteiger partial charge in [-0.2, -0.15) is 0 Å². The number of nitrogens with zero attached hydrogens (tertiary/aromatic N) is 1. The Morgan fingerprint density at radius 1 is 1.50 bits per heavy atom. The molecule has 78 valence electrons. The summed E-state index contributed by atoms with van der Waals surface area (Å²) in [4.78, 5) is 4.60. The monoisotopic (exact) mass is 210 g/mol. The van der Waals surface area contributed by atoms with E-state index in [4.69, 9.17) is 0 Å². The van der Waals surface area contributed by atoms with E-state index in [-0.39, 0.29) is 0 Å². The molecular formula is C11H18N2S. The Morgan fingerprint density at radius 3 is 3.07 bits per heavy atom. The molecule has 0 radical (unpaired) electrons. The highest BCUT2D eigenvalue weighted by molar-refractivity contribution is 7.09. The van der Waals surface area contributed by atoms with Crippen LogP contribution in [-0.2, 0) is 12.8 Å². The van der Waals surface area contributed by atoms with Crippen LogP contribution < -0.4 is 5.32 Å². The Hall–Kier alpha value is -0.410. The van der Waals surface area contributed by atoms with Crippen molar-refractivity contribution < 1.29 is 0 Å². The second kappa shape index (κ2) is 4.89. The Kier molecular flexibility index (Phi) is 3.54. The van der Waals surface area contributed by atoms with Gasteiger partial charge in [-0.15, -0.1) is 11.3 Å². The van der Waals surface area contributed by atoms with Crippen LogP contribution in [0.3, 0.4) is 0 Å². The number of rotatable bonds is 6. The van der Waals surface area contributed by atoms with Gasteiger partial charge in [0, 0.05) is 24.4 Å². The lowest BCUT2D eigenvalue weighted by atomic mass is 10.3. The van der Waals surface area contributed by atoms with E-state index in [1.54, 1.807) is 0 Å². The predicted octanol–water partition coefficient (Wildman–Crippen LogP) is 2.39. The van der Waals surface area contributed by atoms with Crippen LogP contribution in [0.4, 0.5) is 0 Å². The van der Waals surface area contributed by atoms with Gasteiger partial charge in [-0.05, 0) is 25.7 Å². The molecule has 0 bridgehead atoms. The summed E-state index contributed by atoms with van der Waals surface area (Å²) in [6, 6.07) is 0.823. The summed E-state index contributed by atoms with van der Waals surface area (Å²) >= 11 is 1.81. The molecule has 2 rings (SSSR count). The first kappa shape index (κ1) is 10.1. The normalized spacial score (nSPS) is 16.1. The highest BCUT2D eigenvalue weighted by Crippen LogP contribution is 2.18. The molecule has 0 atom stereocenters. The molecule has 3 heteroatoms. The SMILES string of the molecule is CCCc1nc(CCNC2CC2)cs1. The summed E-state index contributed by atoms with van der Waals surface area (Å²) in [5.41, 5.74) is 1.27. The Labute approximate surface area is 89.8 Å². The fourth-order valence-electron chi connectivity index (χ4n) is 1.48. The van der Waals surface area contributed by atoms with Crippen LogP contribution in [-0.4, -0.2) is 17.6 Å². The Bertz CT molecular complexity index is 279. The molecule has 1 aliphatic carbocycles. The van der Waals surface area contributed by atoms with Gasteiger partial charge in [0.2, 0.25) is 0 Å². The maximum atomic E-state index is 4.60. The Morgan fingerprint density at radius 2 is 2.36 bits per heavy atom.